The van der Waals surface area contributed by atoms with Crippen molar-refractivity contribution < 1.29 is 4.79 Å². The molecule has 0 radical (unpaired) electrons. The van der Waals surface area contributed by atoms with Crippen LogP contribution >= 0.6 is 0 Å². The third-order valence-corrected chi connectivity index (χ3v) is 3.83. The molecule has 3 heteroatoms. The predicted octanol–water partition coefficient (Wildman–Crippen LogP) is 3.71. The number of rotatable bonds is 6. The quantitative estimate of drug-likeness (QED) is 0.853. The Morgan fingerprint density at radius 1 is 1.05 bits per heavy atom. The van der Waals surface area contributed by atoms with E-state index in [9.17, 15) is 4.79 Å². The van der Waals surface area contributed by atoms with Crippen molar-refractivity contribution in [3.8, 4) is 0 Å². The van der Waals surface area contributed by atoms with Gasteiger partial charge in [-0.15, -0.1) is 0 Å². The Morgan fingerprint density at radius 3 is 2.45 bits per heavy atom. The molecular formula is C19H24N2O. The van der Waals surface area contributed by atoms with E-state index in [0.717, 1.165) is 29.9 Å². The van der Waals surface area contributed by atoms with E-state index < -0.39 is 5.41 Å². The van der Waals surface area contributed by atoms with E-state index in [1.165, 1.54) is 0 Å². The summed E-state index contributed by atoms with van der Waals surface area (Å²) in [6.07, 6.45) is 0. The first kappa shape index (κ1) is 16.2. The highest BCUT2D eigenvalue weighted by Crippen LogP contribution is 2.25. The van der Waals surface area contributed by atoms with Crippen molar-refractivity contribution in [3.05, 3.63) is 65.7 Å². The molecule has 2 N–H and O–H groups in total. The van der Waals surface area contributed by atoms with Crippen LogP contribution in [0.3, 0.4) is 0 Å². The van der Waals surface area contributed by atoms with Gasteiger partial charge in [-0.05, 0) is 43.7 Å². The average molecular weight is 296 g/mol. The Bertz CT molecular complexity index is 620. The zero-order valence-electron chi connectivity index (χ0n) is 13.5. The van der Waals surface area contributed by atoms with Gasteiger partial charge in [-0.2, -0.15) is 0 Å². The van der Waals surface area contributed by atoms with Gasteiger partial charge >= 0.3 is 0 Å². The summed E-state index contributed by atoms with van der Waals surface area (Å²) in [5.41, 5.74) is 2.44. The first-order chi connectivity index (χ1) is 10.5. The van der Waals surface area contributed by atoms with Gasteiger partial charge in [0.1, 0.15) is 0 Å². The molecule has 0 fully saturated rings. The van der Waals surface area contributed by atoms with Gasteiger partial charge in [0.25, 0.3) is 0 Å². The van der Waals surface area contributed by atoms with E-state index in [0.29, 0.717) is 0 Å². The van der Waals surface area contributed by atoms with Gasteiger partial charge < -0.3 is 10.6 Å². The largest absolute Gasteiger partial charge is 0.325 e. The van der Waals surface area contributed by atoms with Gasteiger partial charge in [0.15, 0.2) is 0 Å². The van der Waals surface area contributed by atoms with E-state index in [1.807, 2.05) is 62.4 Å². The van der Waals surface area contributed by atoms with Crippen molar-refractivity contribution in [2.75, 3.05) is 11.9 Å². The highest BCUT2D eigenvalue weighted by atomic mass is 16.2. The summed E-state index contributed by atoms with van der Waals surface area (Å²) in [4.78, 5) is 12.6. The smallest absolute Gasteiger partial charge is 0.234 e. The molecule has 2 aromatic carbocycles. The molecule has 0 saturated heterocycles. The van der Waals surface area contributed by atoms with E-state index in [4.69, 9.17) is 0 Å². The van der Waals surface area contributed by atoms with Crippen LogP contribution in [0.1, 0.15) is 31.9 Å². The molecule has 116 valence electrons. The minimum Gasteiger partial charge on any atom is -0.325 e. The molecule has 0 bridgehead atoms. The number of nitrogens with one attached hydrogen (secondary N) is 2. The molecule has 0 atom stereocenters. The number of anilines is 1. The molecular weight excluding hydrogens is 272 g/mol. The maximum atomic E-state index is 12.6. The van der Waals surface area contributed by atoms with E-state index in [1.54, 1.807) is 0 Å². The van der Waals surface area contributed by atoms with Gasteiger partial charge in [0.2, 0.25) is 5.91 Å². The Morgan fingerprint density at radius 2 is 1.77 bits per heavy atom. The SMILES string of the molecule is CCNCc1cccc(NC(=O)C(C)(C)c2ccccc2)c1. The maximum absolute atomic E-state index is 12.6. The molecule has 2 rings (SSSR count). The molecule has 0 aliphatic heterocycles. The van der Waals surface area contributed by atoms with E-state index in [-0.39, 0.29) is 5.91 Å². The van der Waals surface area contributed by atoms with Crippen LogP contribution in [0.4, 0.5) is 5.69 Å². The second kappa shape index (κ2) is 7.23. The van der Waals surface area contributed by atoms with Crippen LogP contribution in [0.5, 0.6) is 0 Å². The second-order valence-electron chi connectivity index (χ2n) is 5.93. The van der Waals surface area contributed by atoms with Crippen molar-refractivity contribution >= 4 is 11.6 Å². The standard InChI is InChI=1S/C19H24N2O/c1-4-20-14-15-9-8-12-17(13-15)21-18(22)19(2,3)16-10-6-5-7-11-16/h5-13,20H,4,14H2,1-3H3,(H,21,22). The Kier molecular flexibility index (Phi) is 5.34. The summed E-state index contributed by atoms with van der Waals surface area (Å²) < 4.78 is 0. The fourth-order valence-corrected chi connectivity index (χ4v) is 2.30. The first-order valence-electron chi connectivity index (χ1n) is 7.70. The van der Waals surface area contributed by atoms with Crippen LogP contribution in [-0.4, -0.2) is 12.5 Å². The summed E-state index contributed by atoms with van der Waals surface area (Å²) in [5.74, 6) is -0.000647. The lowest BCUT2D eigenvalue weighted by atomic mass is 9.83. The van der Waals surface area contributed by atoms with Crippen molar-refractivity contribution in [1.29, 1.82) is 0 Å². The summed E-state index contributed by atoms with van der Waals surface area (Å²) in [7, 11) is 0. The topological polar surface area (TPSA) is 41.1 Å². The maximum Gasteiger partial charge on any atom is 0.234 e. The molecule has 1 amide bonds. The third kappa shape index (κ3) is 3.95. The fourth-order valence-electron chi connectivity index (χ4n) is 2.30. The molecule has 0 saturated carbocycles. The number of hydrogen-bond acceptors (Lipinski definition) is 2. The molecule has 0 heterocycles. The van der Waals surface area contributed by atoms with Crippen LogP contribution in [0, 0.1) is 0 Å². The number of amides is 1. The van der Waals surface area contributed by atoms with Crippen LogP contribution in [-0.2, 0) is 16.8 Å². The van der Waals surface area contributed by atoms with Gasteiger partial charge in [0.05, 0.1) is 5.41 Å². The van der Waals surface area contributed by atoms with Crippen LogP contribution in [0.2, 0.25) is 0 Å². The van der Waals surface area contributed by atoms with Crippen LogP contribution in [0.25, 0.3) is 0 Å². The molecule has 22 heavy (non-hydrogen) atoms. The number of benzene rings is 2. The molecule has 0 aliphatic rings. The number of carbonyl (C=O) groups is 1. The van der Waals surface area contributed by atoms with Gasteiger partial charge in [-0.1, -0.05) is 49.4 Å². The lowest BCUT2D eigenvalue weighted by Gasteiger charge is -2.24. The van der Waals surface area contributed by atoms with Gasteiger partial charge in [0, 0.05) is 12.2 Å². The highest BCUT2D eigenvalue weighted by Gasteiger charge is 2.29. The summed E-state index contributed by atoms with van der Waals surface area (Å²) in [6, 6.07) is 17.8. The highest BCUT2D eigenvalue weighted by molar-refractivity contribution is 5.98. The Hall–Kier alpha value is -2.13. The zero-order valence-corrected chi connectivity index (χ0v) is 13.5. The molecule has 0 spiro atoms. The minimum atomic E-state index is -0.571. The normalized spacial score (nSPS) is 11.2. The Labute approximate surface area is 132 Å². The molecule has 0 aliphatic carbocycles. The lowest BCUT2D eigenvalue weighted by Crippen LogP contribution is -2.34. The lowest BCUT2D eigenvalue weighted by molar-refractivity contribution is -0.120. The average Bonchev–Trinajstić information content (AvgIpc) is 2.54. The zero-order chi connectivity index (χ0) is 16.0. The van der Waals surface area contributed by atoms with Crippen molar-refractivity contribution in [1.82, 2.24) is 5.32 Å². The second-order valence-corrected chi connectivity index (χ2v) is 5.93. The van der Waals surface area contributed by atoms with E-state index >= 15 is 0 Å². The van der Waals surface area contributed by atoms with Gasteiger partial charge in [-0.25, -0.2) is 0 Å². The first-order valence-corrected chi connectivity index (χ1v) is 7.70. The molecule has 2 aromatic rings. The van der Waals surface area contributed by atoms with E-state index in [2.05, 4.69) is 23.6 Å². The fraction of sp³-hybridized carbons (Fsp3) is 0.316. The van der Waals surface area contributed by atoms with Crippen LogP contribution < -0.4 is 10.6 Å². The molecule has 0 unspecified atom stereocenters. The minimum absolute atomic E-state index is 0.000647. The van der Waals surface area contributed by atoms with Gasteiger partial charge in [-0.3, -0.25) is 4.79 Å². The van der Waals surface area contributed by atoms with Crippen molar-refractivity contribution in [2.45, 2.75) is 32.7 Å². The number of carbonyl (C=O) groups excluding carboxylic acids is 1. The molecule has 0 aromatic heterocycles. The molecule has 3 nitrogen and oxygen atoms in total. The van der Waals surface area contributed by atoms with Crippen molar-refractivity contribution in [3.63, 3.8) is 0 Å². The predicted molar refractivity (Wildman–Crippen MR) is 91.9 cm³/mol. The third-order valence-electron chi connectivity index (χ3n) is 3.83. The summed E-state index contributed by atoms with van der Waals surface area (Å²) >= 11 is 0. The number of hydrogen-bond donors (Lipinski definition) is 2. The monoisotopic (exact) mass is 296 g/mol. The van der Waals surface area contributed by atoms with Crippen molar-refractivity contribution in [2.24, 2.45) is 0 Å². The van der Waals surface area contributed by atoms with Crippen LogP contribution in [0.15, 0.2) is 54.6 Å². The Balaban J connectivity index is 2.11. The summed E-state index contributed by atoms with van der Waals surface area (Å²) in [6.45, 7) is 7.70. The summed E-state index contributed by atoms with van der Waals surface area (Å²) in [5, 5.41) is 6.32.